The minimum absolute atomic E-state index is 0.118. The minimum Gasteiger partial charge on any atom is -0.493 e. The molecule has 1 aliphatic rings. The molecule has 2 aromatic rings. The molecule has 0 aromatic heterocycles. The maximum absolute atomic E-state index is 12.6. The summed E-state index contributed by atoms with van der Waals surface area (Å²) in [7, 11) is 1.55. The number of carbonyl (C=O) groups is 3. The molecule has 9 heteroatoms. The second-order valence-electron chi connectivity index (χ2n) is 6.71. The number of thioether (sulfide) groups is 2. The van der Waals surface area contributed by atoms with Crippen LogP contribution in [0.1, 0.15) is 12.0 Å². The van der Waals surface area contributed by atoms with Crippen LogP contribution >= 0.6 is 23.5 Å². The molecule has 0 saturated carbocycles. The van der Waals surface area contributed by atoms with Crippen molar-refractivity contribution in [3.8, 4) is 11.5 Å². The van der Waals surface area contributed by atoms with E-state index in [0.29, 0.717) is 16.4 Å². The topological polar surface area (TPSA) is 84.9 Å². The number of ether oxygens (including phenoxy) is 2. The van der Waals surface area contributed by atoms with Crippen molar-refractivity contribution in [2.24, 2.45) is 0 Å². The fourth-order valence-corrected chi connectivity index (χ4v) is 4.20. The molecule has 1 fully saturated rings. The Bertz CT molecular complexity index is 1010. The number of amides is 3. The molecular formula is C23H24N2O5S2. The lowest BCUT2D eigenvalue weighted by Gasteiger charge is -2.13. The summed E-state index contributed by atoms with van der Waals surface area (Å²) in [6.45, 7) is 0.486. The van der Waals surface area contributed by atoms with Crippen LogP contribution in [0.15, 0.2) is 58.3 Å². The molecule has 2 aromatic carbocycles. The summed E-state index contributed by atoms with van der Waals surface area (Å²) >= 11 is 2.54. The minimum atomic E-state index is -0.345. The Balaban J connectivity index is 1.44. The summed E-state index contributed by atoms with van der Waals surface area (Å²) in [6, 6.07) is 14.9. The quantitative estimate of drug-likeness (QED) is 0.413. The van der Waals surface area contributed by atoms with Gasteiger partial charge in [-0.3, -0.25) is 19.3 Å². The van der Waals surface area contributed by atoms with Crippen molar-refractivity contribution in [2.45, 2.75) is 11.3 Å². The molecule has 1 aliphatic heterocycles. The normalized spacial score (nSPS) is 14.7. The van der Waals surface area contributed by atoms with Crippen molar-refractivity contribution >= 4 is 46.7 Å². The summed E-state index contributed by atoms with van der Waals surface area (Å²) < 4.78 is 10.8. The van der Waals surface area contributed by atoms with E-state index in [1.54, 1.807) is 37.1 Å². The second-order valence-corrected chi connectivity index (χ2v) is 8.58. The van der Waals surface area contributed by atoms with E-state index in [0.717, 1.165) is 27.1 Å². The summed E-state index contributed by atoms with van der Waals surface area (Å²) in [6.07, 6.45) is 3.85. The lowest BCUT2D eigenvalue weighted by atomic mass is 10.2. The van der Waals surface area contributed by atoms with Gasteiger partial charge in [0, 0.05) is 18.0 Å². The third-order valence-corrected chi connectivity index (χ3v) is 6.25. The number of nitrogens with one attached hydrogen (secondary N) is 1. The molecule has 32 heavy (non-hydrogen) atoms. The Kier molecular flexibility index (Phi) is 8.64. The average molecular weight is 473 g/mol. The number of para-hydroxylation sites is 2. The first-order valence-electron chi connectivity index (χ1n) is 9.93. The van der Waals surface area contributed by atoms with Crippen molar-refractivity contribution in [3.63, 3.8) is 0 Å². The zero-order chi connectivity index (χ0) is 22.9. The molecular weight excluding hydrogens is 448 g/mol. The number of carbonyl (C=O) groups excluding carboxylic acids is 3. The highest BCUT2D eigenvalue weighted by Gasteiger charge is 2.34. The van der Waals surface area contributed by atoms with Crippen LogP contribution < -0.4 is 14.8 Å². The highest BCUT2D eigenvalue weighted by Crippen LogP contribution is 2.32. The Labute approximate surface area is 195 Å². The van der Waals surface area contributed by atoms with Gasteiger partial charge in [-0.2, -0.15) is 0 Å². The first-order valence-corrected chi connectivity index (χ1v) is 12.0. The summed E-state index contributed by atoms with van der Waals surface area (Å²) in [5.41, 5.74) is 0.858. The summed E-state index contributed by atoms with van der Waals surface area (Å²) in [4.78, 5) is 39.5. The Morgan fingerprint density at radius 3 is 2.53 bits per heavy atom. The van der Waals surface area contributed by atoms with Crippen LogP contribution in [-0.2, 0) is 9.59 Å². The zero-order valence-corrected chi connectivity index (χ0v) is 19.5. The zero-order valence-electron chi connectivity index (χ0n) is 17.8. The monoisotopic (exact) mass is 472 g/mol. The van der Waals surface area contributed by atoms with E-state index in [2.05, 4.69) is 5.32 Å². The van der Waals surface area contributed by atoms with Gasteiger partial charge in [-0.25, -0.2) is 0 Å². The van der Waals surface area contributed by atoms with Gasteiger partial charge in [0.25, 0.3) is 11.1 Å². The first-order chi connectivity index (χ1) is 15.5. The van der Waals surface area contributed by atoms with E-state index in [1.807, 2.05) is 42.7 Å². The van der Waals surface area contributed by atoms with Gasteiger partial charge in [0.15, 0.2) is 11.5 Å². The highest BCUT2D eigenvalue weighted by atomic mass is 32.2. The fraction of sp³-hybridized carbons (Fsp3) is 0.261. The number of imide groups is 1. The molecule has 0 aliphatic carbocycles. The van der Waals surface area contributed by atoms with Crippen molar-refractivity contribution < 1.29 is 23.9 Å². The molecule has 3 amide bonds. The number of nitrogens with zero attached hydrogens (tertiary/aromatic N) is 1. The first kappa shape index (κ1) is 23.7. The number of methoxy groups -OCH3 is 1. The number of hydrogen-bond acceptors (Lipinski definition) is 7. The smallest absolute Gasteiger partial charge is 0.293 e. The van der Waals surface area contributed by atoms with E-state index in [-0.39, 0.29) is 43.2 Å². The molecule has 1 heterocycles. The van der Waals surface area contributed by atoms with Crippen LogP contribution in [0, 0.1) is 0 Å². The van der Waals surface area contributed by atoms with Gasteiger partial charge in [0.05, 0.1) is 25.0 Å². The fourth-order valence-electron chi connectivity index (χ4n) is 2.93. The molecule has 168 valence electrons. The molecule has 3 rings (SSSR count). The van der Waals surface area contributed by atoms with Crippen LogP contribution in [0.25, 0.3) is 6.08 Å². The van der Waals surface area contributed by atoms with Crippen LogP contribution in [0.2, 0.25) is 0 Å². The molecule has 1 N–H and O–H groups in total. The standard InChI is InChI=1S/C23H24N2O5S2/c1-29-18-5-3-4-6-19(18)30-14-11-21(26)24-12-13-25-22(27)20(32-23(25)28)15-16-7-9-17(31-2)10-8-16/h3-10,15H,11-14H2,1-2H3,(H,24,26)/b20-15+. The lowest BCUT2D eigenvalue weighted by Crippen LogP contribution is -2.37. The molecule has 7 nitrogen and oxygen atoms in total. The summed E-state index contributed by atoms with van der Waals surface area (Å²) in [5.74, 6) is 0.593. The van der Waals surface area contributed by atoms with Gasteiger partial charge in [0.2, 0.25) is 5.91 Å². The number of benzene rings is 2. The molecule has 0 bridgehead atoms. The molecule has 0 radical (unpaired) electrons. The number of hydrogen-bond donors (Lipinski definition) is 1. The predicted molar refractivity (Wildman–Crippen MR) is 127 cm³/mol. The largest absolute Gasteiger partial charge is 0.493 e. The van der Waals surface area contributed by atoms with E-state index < -0.39 is 0 Å². The second kappa shape index (κ2) is 11.6. The van der Waals surface area contributed by atoms with Crippen LogP contribution in [0.5, 0.6) is 11.5 Å². The van der Waals surface area contributed by atoms with Crippen molar-refractivity contribution in [2.75, 3.05) is 33.1 Å². The maximum Gasteiger partial charge on any atom is 0.293 e. The lowest BCUT2D eigenvalue weighted by molar-refractivity contribution is -0.124. The van der Waals surface area contributed by atoms with Gasteiger partial charge in [-0.15, -0.1) is 11.8 Å². The Morgan fingerprint density at radius 2 is 1.84 bits per heavy atom. The third kappa shape index (κ3) is 6.30. The average Bonchev–Trinajstić information content (AvgIpc) is 3.07. The number of rotatable bonds is 10. The van der Waals surface area contributed by atoms with Gasteiger partial charge < -0.3 is 14.8 Å². The van der Waals surface area contributed by atoms with E-state index in [9.17, 15) is 14.4 Å². The van der Waals surface area contributed by atoms with Crippen molar-refractivity contribution in [3.05, 3.63) is 59.0 Å². The molecule has 0 unspecified atom stereocenters. The van der Waals surface area contributed by atoms with Gasteiger partial charge in [0.1, 0.15) is 0 Å². The van der Waals surface area contributed by atoms with E-state index in [1.165, 1.54) is 0 Å². The Morgan fingerprint density at radius 1 is 1.12 bits per heavy atom. The third-order valence-electron chi connectivity index (χ3n) is 4.60. The van der Waals surface area contributed by atoms with Gasteiger partial charge >= 0.3 is 0 Å². The van der Waals surface area contributed by atoms with Crippen LogP contribution in [-0.4, -0.2) is 55.0 Å². The van der Waals surface area contributed by atoms with Crippen molar-refractivity contribution in [1.29, 1.82) is 0 Å². The summed E-state index contributed by atoms with van der Waals surface area (Å²) in [5, 5.41) is 2.38. The van der Waals surface area contributed by atoms with E-state index >= 15 is 0 Å². The highest BCUT2D eigenvalue weighted by molar-refractivity contribution is 8.18. The molecule has 0 atom stereocenters. The van der Waals surface area contributed by atoms with Crippen LogP contribution in [0.4, 0.5) is 4.79 Å². The predicted octanol–water partition coefficient (Wildman–Crippen LogP) is 4.04. The Hall–Kier alpha value is -2.91. The maximum atomic E-state index is 12.6. The molecule has 0 spiro atoms. The van der Waals surface area contributed by atoms with E-state index in [4.69, 9.17) is 9.47 Å². The molecule has 1 saturated heterocycles. The SMILES string of the molecule is COc1ccccc1OCCC(=O)NCCN1C(=O)S/C(=C/c2ccc(SC)cc2)C1=O. The van der Waals surface area contributed by atoms with Gasteiger partial charge in [-0.05, 0) is 53.9 Å². The van der Waals surface area contributed by atoms with Crippen LogP contribution in [0.3, 0.4) is 0 Å². The van der Waals surface area contributed by atoms with Crippen molar-refractivity contribution in [1.82, 2.24) is 10.2 Å². The van der Waals surface area contributed by atoms with Gasteiger partial charge in [-0.1, -0.05) is 24.3 Å².